The SMILES string of the molecule is CCCCCC(=O)C(=O)Nc1ccc(Br)cc1C=O. The molecule has 0 atom stereocenters. The number of nitrogens with one attached hydrogen (secondary N) is 1. The third-order valence-corrected chi connectivity index (χ3v) is 3.14. The standard InChI is InChI=1S/C14H16BrNO3/c1-2-3-4-5-13(18)14(19)16-12-7-6-11(15)8-10(12)9-17/h6-9H,2-5H2,1H3,(H,16,19). The van der Waals surface area contributed by atoms with E-state index in [1.54, 1.807) is 18.2 Å². The second-order valence-corrected chi connectivity index (χ2v) is 5.10. The van der Waals surface area contributed by atoms with Crippen molar-refractivity contribution >= 4 is 39.6 Å². The molecular weight excluding hydrogens is 310 g/mol. The zero-order chi connectivity index (χ0) is 14.3. The lowest BCUT2D eigenvalue weighted by Gasteiger charge is -2.07. The Bertz CT molecular complexity index is 486. The first-order valence-corrected chi connectivity index (χ1v) is 6.96. The first-order valence-electron chi connectivity index (χ1n) is 6.17. The number of rotatable bonds is 7. The van der Waals surface area contributed by atoms with E-state index >= 15 is 0 Å². The third-order valence-electron chi connectivity index (χ3n) is 2.65. The predicted octanol–water partition coefficient (Wildman–Crippen LogP) is 3.35. The molecule has 0 spiro atoms. The van der Waals surface area contributed by atoms with Gasteiger partial charge >= 0.3 is 0 Å². The lowest BCUT2D eigenvalue weighted by molar-refractivity contribution is -0.134. The molecule has 1 aromatic carbocycles. The number of anilines is 1. The minimum absolute atomic E-state index is 0.243. The molecule has 0 aliphatic heterocycles. The van der Waals surface area contributed by atoms with Crippen LogP contribution in [-0.4, -0.2) is 18.0 Å². The summed E-state index contributed by atoms with van der Waals surface area (Å²) in [5.74, 6) is -1.12. The first kappa shape index (κ1) is 15.6. The summed E-state index contributed by atoms with van der Waals surface area (Å²) in [7, 11) is 0. The first-order chi connectivity index (χ1) is 9.08. The Morgan fingerprint density at radius 1 is 1.32 bits per heavy atom. The average molecular weight is 326 g/mol. The Labute approximate surface area is 120 Å². The maximum absolute atomic E-state index is 11.7. The summed E-state index contributed by atoms with van der Waals surface area (Å²) in [6.45, 7) is 2.03. The number of benzene rings is 1. The van der Waals surface area contributed by atoms with Crippen molar-refractivity contribution in [2.75, 3.05) is 5.32 Å². The number of halogens is 1. The van der Waals surface area contributed by atoms with Crippen LogP contribution < -0.4 is 5.32 Å². The molecule has 1 rings (SSSR count). The molecule has 0 saturated heterocycles. The van der Waals surface area contributed by atoms with Crippen molar-refractivity contribution in [2.24, 2.45) is 0 Å². The Kier molecular flexibility index (Phi) is 6.42. The average Bonchev–Trinajstić information content (AvgIpc) is 2.40. The highest BCUT2D eigenvalue weighted by Gasteiger charge is 2.14. The minimum atomic E-state index is -0.665. The Morgan fingerprint density at radius 3 is 2.68 bits per heavy atom. The lowest BCUT2D eigenvalue weighted by Crippen LogP contribution is -2.23. The van der Waals surface area contributed by atoms with Gasteiger partial charge in [-0.1, -0.05) is 35.7 Å². The molecule has 0 aliphatic carbocycles. The van der Waals surface area contributed by atoms with Crippen LogP contribution in [0.25, 0.3) is 0 Å². The van der Waals surface area contributed by atoms with Gasteiger partial charge in [0.1, 0.15) is 0 Å². The molecule has 1 N–H and O–H groups in total. The van der Waals surface area contributed by atoms with Crippen LogP contribution in [0.15, 0.2) is 22.7 Å². The molecule has 4 nitrogen and oxygen atoms in total. The maximum atomic E-state index is 11.7. The molecule has 0 heterocycles. The quantitative estimate of drug-likeness (QED) is 0.475. The summed E-state index contributed by atoms with van der Waals surface area (Å²) in [6, 6.07) is 4.87. The van der Waals surface area contributed by atoms with E-state index in [1.807, 2.05) is 6.92 Å². The van der Waals surface area contributed by atoms with Crippen LogP contribution in [0.3, 0.4) is 0 Å². The van der Waals surface area contributed by atoms with Crippen LogP contribution >= 0.6 is 15.9 Å². The molecule has 5 heteroatoms. The topological polar surface area (TPSA) is 63.2 Å². The molecule has 0 aromatic heterocycles. The van der Waals surface area contributed by atoms with E-state index in [0.717, 1.165) is 17.3 Å². The van der Waals surface area contributed by atoms with E-state index in [4.69, 9.17) is 0 Å². The molecular formula is C14H16BrNO3. The van der Waals surface area contributed by atoms with Crippen LogP contribution in [0.4, 0.5) is 5.69 Å². The summed E-state index contributed by atoms with van der Waals surface area (Å²) in [5.41, 5.74) is 0.691. The third kappa shape index (κ3) is 4.95. The fourth-order valence-corrected chi connectivity index (χ4v) is 1.96. The molecule has 0 aliphatic rings. The molecule has 0 saturated carbocycles. The molecule has 0 unspecified atom stereocenters. The summed E-state index contributed by atoms with van der Waals surface area (Å²) in [4.78, 5) is 34.1. The smallest absolute Gasteiger partial charge is 0.291 e. The predicted molar refractivity (Wildman–Crippen MR) is 77.3 cm³/mol. The Morgan fingerprint density at radius 2 is 2.05 bits per heavy atom. The van der Waals surface area contributed by atoms with Gasteiger partial charge in [-0.25, -0.2) is 0 Å². The molecule has 0 radical (unpaired) electrons. The van der Waals surface area contributed by atoms with Gasteiger partial charge in [-0.3, -0.25) is 14.4 Å². The van der Waals surface area contributed by atoms with Gasteiger partial charge in [0.2, 0.25) is 5.78 Å². The summed E-state index contributed by atoms with van der Waals surface area (Å²) >= 11 is 3.24. The zero-order valence-electron chi connectivity index (χ0n) is 10.7. The van der Waals surface area contributed by atoms with Crippen molar-refractivity contribution in [3.8, 4) is 0 Å². The highest BCUT2D eigenvalue weighted by Crippen LogP contribution is 2.19. The number of aldehydes is 1. The molecule has 1 amide bonds. The van der Waals surface area contributed by atoms with E-state index in [0.29, 0.717) is 24.0 Å². The van der Waals surface area contributed by atoms with Gasteiger partial charge in [0.15, 0.2) is 6.29 Å². The zero-order valence-corrected chi connectivity index (χ0v) is 12.3. The van der Waals surface area contributed by atoms with Gasteiger partial charge in [0.25, 0.3) is 5.91 Å². The van der Waals surface area contributed by atoms with Crippen molar-refractivity contribution in [1.29, 1.82) is 0 Å². The Hall–Kier alpha value is -1.49. The van der Waals surface area contributed by atoms with E-state index in [2.05, 4.69) is 21.2 Å². The highest BCUT2D eigenvalue weighted by atomic mass is 79.9. The van der Waals surface area contributed by atoms with Crippen molar-refractivity contribution in [1.82, 2.24) is 0 Å². The number of carbonyl (C=O) groups excluding carboxylic acids is 3. The van der Waals surface area contributed by atoms with Crippen molar-refractivity contribution in [2.45, 2.75) is 32.6 Å². The molecule has 0 bridgehead atoms. The largest absolute Gasteiger partial charge is 0.319 e. The van der Waals surface area contributed by atoms with Gasteiger partial charge in [0.05, 0.1) is 5.69 Å². The van der Waals surface area contributed by atoms with Crippen molar-refractivity contribution < 1.29 is 14.4 Å². The van der Waals surface area contributed by atoms with Gasteiger partial charge in [0, 0.05) is 16.5 Å². The van der Waals surface area contributed by atoms with E-state index in [9.17, 15) is 14.4 Å². The van der Waals surface area contributed by atoms with Gasteiger partial charge in [-0.05, 0) is 24.6 Å². The molecule has 1 aromatic rings. The second-order valence-electron chi connectivity index (χ2n) is 4.18. The number of unbranched alkanes of at least 4 members (excludes halogenated alkanes) is 2. The van der Waals surface area contributed by atoms with Crippen LogP contribution in [0.2, 0.25) is 0 Å². The number of amides is 1. The highest BCUT2D eigenvalue weighted by molar-refractivity contribution is 9.10. The van der Waals surface area contributed by atoms with Gasteiger partial charge < -0.3 is 5.32 Å². The number of hydrogen-bond donors (Lipinski definition) is 1. The Balaban J connectivity index is 2.66. The summed E-state index contributed by atoms with van der Waals surface area (Å²) < 4.78 is 0.738. The second kappa shape index (κ2) is 7.84. The van der Waals surface area contributed by atoms with Crippen LogP contribution in [0.1, 0.15) is 43.0 Å². The van der Waals surface area contributed by atoms with E-state index < -0.39 is 11.7 Å². The molecule has 102 valence electrons. The van der Waals surface area contributed by atoms with Crippen LogP contribution in [0.5, 0.6) is 0 Å². The van der Waals surface area contributed by atoms with Crippen molar-refractivity contribution in [3.63, 3.8) is 0 Å². The number of Topliss-reactive ketones (excluding diaryl/α,β-unsaturated/α-hetero) is 1. The minimum Gasteiger partial charge on any atom is -0.319 e. The van der Waals surface area contributed by atoms with E-state index in [1.165, 1.54) is 0 Å². The number of ketones is 1. The maximum Gasteiger partial charge on any atom is 0.291 e. The fourth-order valence-electron chi connectivity index (χ4n) is 1.59. The number of hydrogen-bond acceptors (Lipinski definition) is 3. The van der Waals surface area contributed by atoms with Crippen LogP contribution in [-0.2, 0) is 9.59 Å². The normalized spacial score (nSPS) is 10.0. The summed E-state index contributed by atoms with van der Waals surface area (Å²) in [6.07, 6.45) is 3.52. The summed E-state index contributed by atoms with van der Waals surface area (Å²) in [5, 5.41) is 2.47. The van der Waals surface area contributed by atoms with E-state index in [-0.39, 0.29) is 6.42 Å². The number of carbonyl (C=O) groups is 3. The van der Waals surface area contributed by atoms with Gasteiger partial charge in [-0.15, -0.1) is 0 Å². The fraction of sp³-hybridized carbons (Fsp3) is 0.357. The van der Waals surface area contributed by atoms with Crippen molar-refractivity contribution in [3.05, 3.63) is 28.2 Å². The lowest BCUT2D eigenvalue weighted by atomic mass is 10.1. The molecule has 0 fully saturated rings. The van der Waals surface area contributed by atoms with Gasteiger partial charge in [-0.2, -0.15) is 0 Å². The monoisotopic (exact) mass is 325 g/mol. The van der Waals surface area contributed by atoms with Crippen LogP contribution in [0, 0.1) is 0 Å². The molecule has 19 heavy (non-hydrogen) atoms.